The lowest BCUT2D eigenvalue weighted by atomic mass is 9.89. The monoisotopic (exact) mass is 444 g/mol. The van der Waals surface area contributed by atoms with Gasteiger partial charge in [0.15, 0.2) is 0 Å². The molecule has 164 valence electrons. The summed E-state index contributed by atoms with van der Waals surface area (Å²) in [7, 11) is 0. The van der Waals surface area contributed by atoms with E-state index in [-0.39, 0.29) is 5.82 Å². The zero-order valence-corrected chi connectivity index (χ0v) is 17.8. The molecule has 3 aromatic rings. The minimum absolute atomic E-state index is 0.263. The number of thiophene rings is 1. The summed E-state index contributed by atoms with van der Waals surface area (Å²) in [5.41, 5.74) is 3.75. The maximum absolute atomic E-state index is 13.2. The number of hydrogen-bond acceptors (Lipinski definition) is 6. The summed E-state index contributed by atoms with van der Waals surface area (Å²) in [5, 5.41) is 40.0. The van der Waals surface area contributed by atoms with Gasteiger partial charge in [0.1, 0.15) is 36.3 Å². The van der Waals surface area contributed by atoms with E-state index in [2.05, 4.69) is 0 Å². The number of benzene rings is 2. The van der Waals surface area contributed by atoms with Gasteiger partial charge in [-0.2, -0.15) is 0 Å². The van der Waals surface area contributed by atoms with Gasteiger partial charge in [-0.1, -0.05) is 30.3 Å². The Kier molecular flexibility index (Phi) is 6.52. The van der Waals surface area contributed by atoms with Crippen LogP contribution in [0.1, 0.15) is 27.7 Å². The van der Waals surface area contributed by atoms with Crippen LogP contribution in [0, 0.1) is 12.7 Å². The van der Waals surface area contributed by atoms with E-state index in [1.54, 1.807) is 23.5 Å². The highest BCUT2D eigenvalue weighted by Crippen LogP contribution is 2.35. The van der Waals surface area contributed by atoms with Gasteiger partial charge in [-0.05, 0) is 53.4 Å². The molecule has 5 atom stereocenters. The molecule has 4 rings (SSSR count). The van der Waals surface area contributed by atoms with Crippen molar-refractivity contribution in [1.29, 1.82) is 0 Å². The van der Waals surface area contributed by atoms with Gasteiger partial charge in [0.25, 0.3) is 0 Å². The summed E-state index contributed by atoms with van der Waals surface area (Å²) in [6.07, 6.45) is -5.21. The Balaban J connectivity index is 1.57. The second-order valence-electron chi connectivity index (χ2n) is 7.89. The molecule has 0 aliphatic carbocycles. The predicted molar refractivity (Wildman–Crippen MR) is 116 cm³/mol. The summed E-state index contributed by atoms with van der Waals surface area (Å²) in [6.45, 7) is 1.54. The van der Waals surface area contributed by atoms with E-state index in [0.717, 1.165) is 26.4 Å². The molecule has 1 aliphatic rings. The molecule has 5 nitrogen and oxygen atoms in total. The minimum atomic E-state index is -1.41. The molecule has 2 unspecified atom stereocenters. The lowest BCUT2D eigenvalue weighted by molar-refractivity contribution is -0.231. The van der Waals surface area contributed by atoms with Crippen molar-refractivity contribution in [2.45, 2.75) is 43.9 Å². The van der Waals surface area contributed by atoms with E-state index >= 15 is 0 Å². The van der Waals surface area contributed by atoms with Gasteiger partial charge in [-0.15, -0.1) is 11.3 Å². The zero-order chi connectivity index (χ0) is 22.1. The van der Waals surface area contributed by atoms with E-state index in [4.69, 9.17) is 4.74 Å². The van der Waals surface area contributed by atoms with Crippen LogP contribution in [0.15, 0.2) is 54.6 Å². The van der Waals surface area contributed by atoms with Gasteiger partial charge < -0.3 is 25.2 Å². The van der Waals surface area contributed by atoms with Crippen molar-refractivity contribution in [3.05, 3.63) is 82.0 Å². The third kappa shape index (κ3) is 4.57. The highest BCUT2D eigenvalue weighted by molar-refractivity contribution is 7.15. The topological polar surface area (TPSA) is 90.2 Å². The van der Waals surface area contributed by atoms with E-state index in [0.29, 0.717) is 12.0 Å². The summed E-state index contributed by atoms with van der Waals surface area (Å²) < 4.78 is 18.9. The number of aryl methyl sites for hydroxylation is 1. The van der Waals surface area contributed by atoms with E-state index in [1.807, 2.05) is 37.3 Å². The highest BCUT2D eigenvalue weighted by atomic mass is 32.1. The largest absolute Gasteiger partial charge is 0.394 e. The number of aliphatic hydroxyl groups is 4. The Bertz CT molecular complexity index is 1030. The molecule has 1 aromatic heterocycles. The number of aliphatic hydroxyl groups excluding tert-OH is 4. The van der Waals surface area contributed by atoms with Crippen molar-refractivity contribution in [2.75, 3.05) is 6.61 Å². The number of rotatable bonds is 5. The third-order valence-electron chi connectivity index (χ3n) is 5.75. The first-order valence-corrected chi connectivity index (χ1v) is 10.9. The fraction of sp³-hybridized carbons (Fsp3) is 0.333. The fourth-order valence-corrected chi connectivity index (χ4v) is 4.90. The molecule has 0 radical (unpaired) electrons. The first kappa shape index (κ1) is 22.1. The Hall–Kier alpha value is -2.13. The maximum atomic E-state index is 13.2. The number of hydrogen-bond donors (Lipinski definition) is 4. The van der Waals surface area contributed by atoms with E-state index in [9.17, 15) is 24.8 Å². The van der Waals surface area contributed by atoms with Crippen LogP contribution in [0.4, 0.5) is 4.39 Å². The molecule has 1 saturated heterocycles. The molecule has 4 N–H and O–H groups in total. The molecule has 1 fully saturated rings. The molecule has 1 aliphatic heterocycles. The number of halogens is 1. The molecule has 0 saturated carbocycles. The molecule has 0 amide bonds. The first-order chi connectivity index (χ1) is 14.9. The smallest absolute Gasteiger partial charge is 0.123 e. The Morgan fingerprint density at radius 1 is 0.935 bits per heavy atom. The van der Waals surface area contributed by atoms with Crippen LogP contribution in [0.25, 0.3) is 10.4 Å². The second kappa shape index (κ2) is 9.16. The van der Waals surface area contributed by atoms with Crippen LogP contribution in [0.5, 0.6) is 0 Å². The fourth-order valence-electron chi connectivity index (χ4n) is 3.87. The SMILES string of the molecule is Cc1ccc(C2O[C@@H](CO)[C@@H](O)C(O)[C@H]2O)cc1Cc1ccc(-c2ccc(F)cc2)s1. The molecule has 2 heterocycles. The van der Waals surface area contributed by atoms with Crippen LogP contribution in [-0.4, -0.2) is 51.4 Å². The molecule has 0 bridgehead atoms. The molecular formula is C24H25FO5S. The van der Waals surface area contributed by atoms with Crippen LogP contribution >= 0.6 is 11.3 Å². The highest BCUT2D eigenvalue weighted by Gasteiger charge is 2.43. The Morgan fingerprint density at radius 2 is 1.68 bits per heavy atom. The molecular weight excluding hydrogens is 419 g/mol. The Morgan fingerprint density at radius 3 is 2.39 bits per heavy atom. The van der Waals surface area contributed by atoms with Crippen LogP contribution in [0.2, 0.25) is 0 Å². The summed E-state index contributed by atoms with van der Waals surface area (Å²) in [5.74, 6) is -0.263. The predicted octanol–water partition coefficient (Wildman–Crippen LogP) is 2.97. The standard InChI is InChI=1S/C24H25FO5S/c1-13-2-3-15(24-23(29)22(28)21(27)19(12-26)30-24)10-16(13)11-18-8-9-20(31-18)14-4-6-17(25)7-5-14/h2-10,19,21-24,26-29H,11-12H2,1H3/t19-,21+,22?,23+,24?/m0/s1. The minimum Gasteiger partial charge on any atom is -0.394 e. The molecule has 31 heavy (non-hydrogen) atoms. The van der Waals surface area contributed by atoms with E-state index in [1.165, 1.54) is 12.1 Å². The van der Waals surface area contributed by atoms with Crippen molar-refractivity contribution >= 4 is 11.3 Å². The number of ether oxygens (including phenoxy) is 1. The molecule has 2 aromatic carbocycles. The average Bonchev–Trinajstić information content (AvgIpc) is 3.23. The van der Waals surface area contributed by atoms with Crippen LogP contribution in [-0.2, 0) is 11.2 Å². The van der Waals surface area contributed by atoms with Crippen molar-refractivity contribution in [3.8, 4) is 10.4 Å². The van der Waals surface area contributed by atoms with Gasteiger partial charge in [0.05, 0.1) is 6.61 Å². The maximum Gasteiger partial charge on any atom is 0.123 e. The van der Waals surface area contributed by atoms with Gasteiger partial charge >= 0.3 is 0 Å². The van der Waals surface area contributed by atoms with Crippen LogP contribution in [0.3, 0.4) is 0 Å². The van der Waals surface area contributed by atoms with Crippen molar-refractivity contribution < 1.29 is 29.6 Å². The second-order valence-corrected chi connectivity index (χ2v) is 9.05. The van der Waals surface area contributed by atoms with Crippen molar-refractivity contribution in [2.24, 2.45) is 0 Å². The normalized spacial score (nSPS) is 26.2. The van der Waals surface area contributed by atoms with Gasteiger partial charge in [0, 0.05) is 16.2 Å². The summed E-state index contributed by atoms with van der Waals surface area (Å²) >= 11 is 1.63. The van der Waals surface area contributed by atoms with Crippen molar-refractivity contribution in [3.63, 3.8) is 0 Å². The third-order valence-corrected chi connectivity index (χ3v) is 6.88. The quantitative estimate of drug-likeness (QED) is 0.486. The van der Waals surface area contributed by atoms with Gasteiger partial charge in [-0.25, -0.2) is 4.39 Å². The molecule has 0 spiro atoms. The first-order valence-electron chi connectivity index (χ1n) is 10.1. The zero-order valence-electron chi connectivity index (χ0n) is 17.0. The average molecular weight is 445 g/mol. The summed E-state index contributed by atoms with van der Waals surface area (Å²) in [6, 6.07) is 16.2. The van der Waals surface area contributed by atoms with Gasteiger partial charge in [0.2, 0.25) is 0 Å². The van der Waals surface area contributed by atoms with Crippen LogP contribution < -0.4 is 0 Å². The molecule has 7 heteroatoms. The lowest BCUT2D eigenvalue weighted by Crippen LogP contribution is -2.55. The Labute approximate surface area is 184 Å². The van der Waals surface area contributed by atoms with Crippen molar-refractivity contribution in [1.82, 2.24) is 0 Å². The van der Waals surface area contributed by atoms with E-state index < -0.39 is 37.1 Å². The lowest BCUT2D eigenvalue weighted by Gasteiger charge is -2.40. The summed E-state index contributed by atoms with van der Waals surface area (Å²) in [4.78, 5) is 2.19. The van der Waals surface area contributed by atoms with Gasteiger partial charge in [-0.3, -0.25) is 0 Å².